The van der Waals surface area contributed by atoms with Crippen LogP contribution in [0.15, 0.2) is 24.3 Å². The standard InChI is InChI=1S/C16H20N2O5/c1-16(2,3)23-14(20)10-22-12-6-4-11(5-7-12)18-9-8-13(19)17-15(18)21/h4-7H,8-10H2,1-3H3,(H,17,19,21). The number of esters is 1. The highest BCUT2D eigenvalue weighted by molar-refractivity contribution is 6.05. The summed E-state index contributed by atoms with van der Waals surface area (Å²) in [6.07, 6.45) is 0.267. The molecule has 0 atom stereocenters. The summed E-state index contributed by atoms with van der Waals surface area (Å²) >= 11 is 0. The lowest BCUT2D eigenvalue weighted by Crippen LogP contribution is -2.49. The number of benzene rings is 1. The molecule has 1 fully saturated rings. The zero-order chi connectivity index (χ0) is 17.0. The molecule has 1 aliphatic rings. The smallest absolute Gasteiger partial charge is 0.344 e. The second-order valence-corrected chi connectivity index (χ2v) is 6.12. The largest absolute Gasteiger partial charge is 0.482 e. The topological polar surface area (TPSA) is 84.9 Å². The van der Waals surface area contributed by atoms with Gasteiger partial charge in [-0.2, -0.15) is 0 Å². The molecule has 7 heteroatoms. The number of amides is 3. The lowest BCUT2D eigenvalue weighted by Gasteiger charge is -2.26. The van der Waals surface area contributed by atoms with E-state index >= 15 is 0 Å². The predicted octanol–water partition coefficient (Wildman–Crippen LogP) is 1.85. The van der Waals surface area contributed by atoms with Gasteiger partial charge in [0.1, 0.15) is 11.4 Å². The average Bonchev–Trinajstić information content (AvgIpc) is 2.44. The van der Waals surface area contributed by atoms with Crippen molar-refractivity contribution < 1.29 is 23.9 Å². The Kier molecular flexibility index (Phi) is 4.88. The first-order chi connectivity index (χ1) is 10.7. The van der Waals surface area contributed by atoms with Crippen LogP contribution in [0.5, 0.6) is 5.75 Å². The van der Waals surface area contributed by atoms with Crippen molar-refractivity contribution in [3.05, 3.63) is 24.3 Å². The van der Waals surface area contributed by atoms with E-state index in [4.69, 9.17) is 9.47 Å². The molecule has 1 N–H and O–H groups in total. The lowest BCUT2D eigenvalue weighted by atomic mass is 10.2. The van der Waals surface area contributed by atoms with E-state index in [-0.39, 0.29) is 18.9 Å². The van der Waals surface area contributed by atoms with Crippen molar-refractivity contribution in [2.75, 3.05) is 18.1 Å². The van der Waals surface area contributed by atoms with E-state index in [0.29, 0.717) is 18.0 Å². The van der Waals surface area contributed by atoms with Gasteiger partial charge in [-0.3, -0.25) is 15.0 Å². The Labute approximate surface area is 134 Å². The second kappa shape index (κ2) is 6.68. The minimum atomic E-state index is -0.552. The fourth-order valence-electron chi connectivity index (χ4n) is 2.05. The van der Waals surface area contributed by atoms with Gasteiger partial charge in [0.25, 0.3) is 0 Å². The fraction of sp³-hybridized carbons (Fsp3) is 0.438. The number of imide groups is 1. The number of carbonyl (C=O) groups is 3. The van der Waals surface area contributed by atoms with Gasteiger partial charge in [-0.15, -0.1) is 0 Å². The number of nitrogens with one attached hydrogen (secondary N) is 1. The number of ether oxygens (including phenoxy) is 2. The Balaban J connectivity index is 1.91. The van der Waals surface area contributed by atoms with Gasteiger partial charge in [-0.05, 0) is 45.0 Å². The maximum Gasteiger partial charge on any atom is 0.344 e. The maximum atomic E-state index is 11.7. The van der Waals surface area contributed by atoms with Crippen molar-refractivity contribution in [2.24, 2.45) is 0 Å². The molecule has 1 aliphatic heterocycles. The number of hydrogen-bond acceptors (Lipinski definition) is 5. The molecule has 0 aliphatic carbocycles. The molecule has 1 saturated heterocycles. The second-order valence-electron chi connectivity index (χ2n) is 6.12. The van der Waals surface area contributed by atoms with Crippen LogP contribution in [0.25, 0.3) is 0 Å². The van der Waals surface area contributed by atoms with Crippen molar-refractivity contribution in [1.29, 1.82) is 0 Å². The van der Waals surface area contributed by atoms with Crippen molar-refractivity contribution in [1.82, 2.24) is 5.32 Å². The van der Waals surface area contributed by atoms with Crippen LogP contribution < -0.4 is 15.0 Å². The highest BCUT2D eigenvalue weighted by atomic mass is 16.6. The average molecular weight is 320 g/mol. The van der Waals surface area contributed by atoms with Gasteiger partial charge in [-0.1, -0.05) is 0 Å². The third-order valence-electron chi connectivity index (χ3n) is 2.98. The molecule has 3 amide bonds. The zero-order valence-electron chi connectivity index (χ0n) is 13.4. The highest BCUT2D eigenvalue weighted by Crippen LogP contribution is 2.21. The zero-order valence-corrected chi connectivity index (χ0v) is 13.4. The van der Waals surface area contributed by atoms with E-state index in [1.54, 1.807) is 45.0 Å². The molecular weight excluding hydrogens is 300 g/mol. The quantitative estimate of drug-likeness (QED) is 0.856. The number of anilines is 1. The number of nitrogens with zero attached hydrogens (tertiary/aromatic N) is 1. The number of rotatable bonds is 4. The Morgan fingerprint density at radius 1 is 1.22 bits per heavy atom. The Morgan fingerprint density at radius 2 is 1.87 bits per heavy atom. The van der Waals surface area contributed by atoms with Crippen molar-refractivity contribution in [3.8, 4) is 5.75 Å². The van der Waals surface area contributed by atoms with Crippen LogP contribution in [0.3, 0.4) is 0 Å². The van der Waals surface area contributed by atoms with Gasteiger partial charge in [0.2, 0.25) is 5.91 Å². The third kappa shape index (κ3) is 4.98. The maximum absolute atomic E-state index is 11.7. The minimum absolute atomic E-state index is 0.185. The van der Waals surface area contributed by atoms with Crippen molar-refractivity contribution in [3.63, 3.8) is 0 Å². The summed E-state index contributed by atoms with van der Waals surface area (Å²) in [5, 5.41) is 2.26. The van der Waals surface area contributed by atoms with Crippen molar-refractivity contribution in [2.45, 2.75) is 32.8 Å². The molecular formula is C16H20N2O5. The molecule has 2 rings (SSSR count). The fourth-order valence-corrected chi connectivity index (χ4v) is 2.05. The number of carbonyl (C=O) groups excluding carboxylic acids is 3. The van der Waals surface area contributed by atoms with E-state index in [1.807, 2.05) is 0 Å². The molecule has 23 heavy (non-hydrogen) atoms. The SMILES string of the molecule is CC(C)(C)OC(=O)COc1ccc(N2CCC(=O)NC2=O)cc1. The van der Waals surface area contributed by atoms with Gasteiger partial charge < -0.3 is 9.47 Å². The van der Waals surface area contributed by atoms with E-state index in [0.717, 1.165) is 0 Å². The molecule has 0 saturated carbocycles. The number of urea groups is 1. The summed E-state index contributed by atoms with van der Waals surface area (Å²) in [5.41, 5.74) is 0.100. The Bertz CT molecular complexity index is 604. The summed E-state index contributed by atoms with van der Waals surface area (Å²) in [7, 11) is 0. The summed E-state index contributed by atoms with van der Waals surface area (Å²) < 4.78 is 10.5. The van der Waals surface area contributed by atoms with Gasteiger partial charge >= 0.3 is 12.0 Å². The van der Waals surface area contributed by atoms with Crippen LogP contribution in [-0.4, -0.2) is 36.7 Å². The van der Waals surface area contributed by atoms with Crippen LogP contribution in [0, 0.1) is 0 Å². The Hall–Kier alpha value is -2.57. The minimum Gasteiger partial charge on any atom is -0.482 e. The molecule has 1 heterocycles. The highest BCUT2D eigenvalue weighted by Gasteiger charge is 2.24. The summed E-state index contributed by atoms with van der Waals surface area (Å²) in [5.74, 6) is -0.229. The first-order valence-corrected chi connectivity index (χ1v) is 7.31. The first kappa shape index (κ1) is 16.8. The molecule has 1 aromatic carbocycles. The molecule has 0 bridgehead atoms. The van der Waals surface area contributed by atoms with Gasteiger partial charge in [0, 0.05) is 18.7 Å². The Morgan fingerprint density at radius 3 is 2.43 bits per heavy atom. The molecule has 0 spiro atoms. The summed E-state index contributed by atoms with van der Waals surface area (Å²) in [6.45, 7) is 5.51. The van der Waals surface area contributed by atoms with Crippen LogP contribution in [0.4, 0.5) is 10.5 Å². The van der Waals surface area contributed by atoms with Crippen LogP contribution in [0.2, 0.25) is 0 Å². The van der Waals surface area contributed by atoms with E-state index < -0.39 is 17.6 Å². The summed E-state index contributed by atoms with van der Waals surface area (Å²) in [6, 6.07) is 6.26. The predicted molar refractivity (Wildman–Crippen MR) is 83.3 cm³/mol. The summed E-state index contributed by atoms with van der Waals surface area (Å²) in [4.78, 5) is 35.9. The van der Waals surface area contributed by atoms with Crippen LogP contribution in [-0.2, 0) is 14.3 Å². The third-order valence-corrected chi connectivity index (χ3v) is 2.98. The number of hydrogen-bond donors (Lipinski definition) is 1. The van der Waals surface area contributed by atoms with Gasteiger partial charge in [-0.25, -0.2) is 9.59 Å². The van der Waals surface area contributed by atoms with E-state index in [9.17, 15) is 14.4 Å². The molecule has 0 aromatic heterocycles. The molecule has 0 unspecified atom stereocenters. The molecule has 7 nitrogen and oxygen atoms in total. The van der Waals surface area contributed by atoms with Crippen LogP contribution >= 0.6 is 0 Å². The monoisotopic (exact) mass is 320 g/mol. The molecule has 1 aromatic rings. The lowest BCUT2D eigenvalue weighted by molar-refractivity contribution is -0.157. The normalized spacial score (nSPS) is 15.2. The molecule has 0 radical (unpaired) electrons. The van der Waals surface area contributed by atoms with Crippen LogP contribution in [0.1, 0.15) is 27.2 Å². The molecule has 124 valence electrons. The van der Waals surface area contributed by atoms with Gasteiger partial charge in [0.05, 0.1) is 0 Å². The first-order valence-electron chi connectivity index (χ1n) is 7.31. The van der Waals surface area contributed by atoms with Gasteiger partial charge in [0.15, 0.2) is 6.61 Å². The van der Waals surface area contributed by atoms with E-state index in [2.05, 4.69) is 5.32 Å². The van der Waals surface area contributed by atoms with E-state index in [1.165, 1.54) is 4.90 Å². The van der Waals surface area contributed by atoms with Crippen molar-refractivity contribution >= 4 is 23.6 Å².